The monoisotopic (exact) mass is 323 g/mol. The van der Waals surface area contributed by atoms with Gasteiger partial charge in [-0.2, -0.15) is 0 Å². The molecule has 0 radical (unpaired) electrons. The summed E-state index contributed by atoms with van der Waals surface area (Å²) in [6.07, 6.45) is 2.92. The lowest BCUT2D eigenvalue weighted by Gasteiger charge is -2.27. The van der Waals surface area contributed by atoms with E-state index in [4.69, 9.17) is 4.74 Å². The number of hydrogen-bond acceptors (Lipinski definition) is 4. The maximum atomic E-state index is 12.4. The first-order chi connectivity index (χ1) is 10.8. The Morgan fingerprint density at radius 2 is 2.14 bits per heavy atom. The molecular weight excluding hydrogens is 298 g/mol. The van der Waals surface area contributed by atoms with Gasteiger partial charge in [0.05, 0.1) is 0 Å². The third-order valence-corrected chi connectivity index (χ3v) is 5.25. The van der Waals surface area contributed by atoms with Crippen LogP contribution in [0.4, 0.5) is 4.79 Å². The lowest BCUT2D eigenvalue weighted by Crippen LogP contribution is -2.47. The Balaban J connectivity index is 1.45. The molecule has 1 N–H and O–H groups in total. The molecule has 0 aromatic carbocycles. The third kappa shape index (κ3) is 4.44. The van der Waals surface area contributed by atoms with Crippen molar-refractivity contribution in [3.8, 4) is 0 Å². The van der Waals surface area contributed by atoms with Gasteiger partial charge in [-0.05, 0) is 30.7 Å². The number of carbonyl (C=O) groups is 1. The number of rotatable bonds is 3. The van der Waals surface area contributed by atoms with Gasteiger partial charge in [-0.1, -0.05) is 6.07 Å². The molecule has 3 heterocycles. The Labute approximate surface area is 136 Å². The Morgan fingerprint density at radius 1 is 1.27 bits per heavy atom. The van der Waals surface area contributed by atoms with Crippen molar-refractivity contribution in [3.63, 3.8) is 0 Å². The molecule has 0 spiro atoms. The summed E-state index contributed by atoms with van der Waals surface area (Å²) in [6.45, 7) is 6.24. The van der Waals surface area contributed by atoms with E-state index in [-0.39, 0.29) is 12.1 Å². The van der Waals surface area contributed by atoms with Crippen LogP contribution in [0.1, 0.15) is 24.1 Å². The minimum Gasteiger partial charge on any atom is -0.381 e. The first-order valence-corrected chi connectivity index (χ1v) is 9.07. The van der Waals surface area contributed by atoms with Crippen LogP contribution in [0.3, 0.4) is 0 Å². The van der Waals surface area contributed by atoms with E-state index in [9.17, 15) is 4.79 Å². The van der Waals surface area contributed by atoms with E-state index in [2.05, 4.69) is 27.7 Å². The molecule has 0 saturated carbocycles. The van der Waals surface area contributed by atoms with E-state index in [0.29, 0.717) is 0 Å². The summed E-state index contributed by atoms with van der Waals surface area (Å²) in [5, 5.41) is 5.29. The molecule has 122 valence electrons. The maximum Gasteiger partial charge on any atom is 0.317 e. The molecule has 3 rings (SSSR count). The largest absolute Gasteiger partial charge is 0.381 e. The van der Waals surface area contributed by atoms with Crippen LogP contribution in [0.5, 0.6) is 0 Å². The van der Waals surface area contributed by atoms with Crippen LogP contribution >= 0.6 is 11.3 Å². The second kappa shape index (κ2) is 7.94. The van der Waals surface area contributed by atoms with Crippen molar-refractivity contribution in [3.05, 3.63) is 22.4 Å². The van der Waals surface area contributed by atoms with Crippen LogP contribution in [0.25, 0.3) is 0 Å². The molecule has 1 aromatic heterocycles. The number of nitrogens with zero attached hydrogens (tertiary/aromatic N) is 2. The highest BCUT2D eigenvalue weighted by molar-refractivity contribution is 7.09. The van der Waals surface area contributed by atoms with E-state index < -0.39 is 0 Å². The topological polar surface area (TPSA) is 44.8 Å². The number of ether oxygens (including phenoxy) is 1. The Kier molecular flexibility index (Phi) is 5.70. The van der Waals surface area contributed by atoms with Gasteiger partial charge in [0.25, 0.3) is 0 Å². The smallest absolute Gasteiger partial charge is 0.317 e. The van der Waals surface area contributed by atoms with E-state index in [1.807, 2.05) is 16.2 Å². The maximum absolute atomic E-state index is 12.4. The average Bonchev–Trinajstić information content (AvgIpc) is 2.92. The molecule has 6 heteroatoms. The predicted molar refractivity (Wildman–Crippen MR) is 88.2 cm³/mol. The van der Waals surface area contributed by atoms with E-state index in [1.165, 1.54) is 4.88 Å². The fourth-order valence-electron chi connectivity index (χ4n) is 3.06. The number of thiophene rings is 1. The van der Waals surface area contributed by atoms with Crippen LogP contribution in [-0.4, -0.2) is 61.3 Å². The molecule has 2 fully saturated rings. The molecule has 0 unspecified atom stereocenters. The van der Waals surface area contributed by atoms with Crippen molar-refractivity contribution in [2.45, 2.75) is 31.8 Å². The van der Waals surface area contributed by atoms with Gasteiger partial charge in [-0.25, -0.2) is 4.79 Å². The van der Waals surface area contributed by atoms with Crippen LogP contribution < -0.4 is 5.32 Å². The fraction of sp³-hybridized carbons (Fsp3) is 0.688. The summed E-state index contributed by atoms with van der Waals surface area (Å²) in [7, 11) is 0. The van der Waals surface area contributed by atoms with E-state index in [0.717, 1.165) is 65.2 Å². The van der Waals surface area contributed by atoms with Crippen molar-refractivity contribution in [2.24, 2.45) is 0 Å². The number of carbonyl (C=O) groups excluding carboxylic acids is 1. The summed E-state index contributed by atoms with van der Waals surface area (Å²) in [4.78, 5) is 18.2. The molecular formula is C16H25N3O2S. The Bertz CT molecular complexity index is 460. The van der Waals surface area contributed by atoms with Gasteiger partial charge in [0.2, 0.25) is 0 Å². The van der Waals surface area contributed by atoms with Crippen molar-refractivity contribution in [1.29, 1.82) is 0 Å². The van der Waals surface area contributed by atoms with Gasteiger partial charge in [-0.3, -0.25) is 4.90 Å². The average molecular weight is 323 g/mol. The molecule has 2 aliphatic rings. The van der Waals surface area contributed by atoms with E-state index >= 15 is 0 Å². The highest BCUT2D eigenvalue weighted by atomic mass is 32.1. The number of nitrogens with one attached hydrogen (secondary N) is 1. The molecule has 5 nitrogen and oxygen atoms in total. The summed E-state index contributed by atoms with van der Waals surface area (Å²) >= 11 is 1.81. The minimum absolute atomic E-state index is 0.102. The van der Waals surface area contributed by atoms with Crippen LogP contribution in [0.15, 0.2) is 17.5 Å². The summed E-state index contributed by atoms with van der Waals surface area (Å²) in [5.41, 5.74) is 0. The zero-order valence-electron chi connectivity index (χ0n) is 13.0. The fourth-order valence-corrected chi connectivity index (χ4v) is 3.81. The first-order valence-electron chi connectivity index (χ1n) is 8.19. The number of amides is 2. The predicted octanol–water partition coefficient (Wildman–Crippen LogP) is 2.14. The molecule has 2 amide bonds. The zero-order chi connectivity index (χ0) is 15.2. The first kappa shape index (κ1) is 15.8. The third-order valence-electron chi connectivity index (χ3n) is 4.38. The molecule has 2 saturated heterocycles. The second-order valence-electron chi connectivity index (χ2n) is 6.03. The lowest BCUT2D eigenvalue weighted by atomic mass is 10.1. The van der Waals surface area contributed by atoms with Gasteiger partial charge in [-0.15, -0.1) is 11.3 Å². The Hall–Kier alpha value is -1.11. The minimum atomic E-state index is 0.102. The summed E-state index contributed by atoms with van der Waals surface area (Å²) in [5.74, 6) is 0. The van der Waals surface area contributed by atoms with E-state index in [1.54, 1.807) is 0 Å². The van der Waals surface area contributed by atoms with Gasteiger partial charge < -0.3 is 15.0 Å². The van der Waals surface area contributed by atoms with Crippen molar-refractivity contribution < 1.29 is 9.53 Å². The summed E-state index contributed by atoms with van der Waals surface area (Å²) in [6, 6.07) is 4.67. The highest BCUT2D eigenvalue weighted by Crippen LogP contribution is 2.14. The van der Waals surface area contributed by atoms with Gasteiger partial charge in [0.1, 0.15) is 0 Å². The van der Waals surface area contributed by atoms with Crippen molar-refractivity contribution >= 4 is 17.4 Å². The van der Waals surface area contributed by atoms with Gasteiger partial charge in [0, 0.05) is 56.9 Å². The molecule has 0 bridgehead atoms. The SMILES string of the molecule is O=C(NC1CCOCC1)N1CCCN(Cc2cccs2)CC1. The zero-order valence-corrected chi connectivity index (χ0v) is 13.8. The molecule has 0 atom stereocenters. The number of hydrogen-bond donors (Lipinski definition) is 1. The Morgan fingerprint density at radius 3 is 2.91 bits per heavy atom. The standard InChI is InChI=1S/C16H25N3O2S/c20-16(17-14-4-10-21-11-5-14)19-7-2-6-18(8-9-19)13-15-3-1-12-22-15/h1,3,12,14H,2,4-11,13H2,(H,17,20). The van der Waals surface area contributed by atoms with Crippen LogP contribution in [-0.2, 0) is 11.3 Å². The van der Waals surface area contributed by atoms with Crippen molar-refractivity contribution in [2.75, 3.05) is 39.4 Å². The second-order valence-corrected chi connectivity index (χ2v) is 7.06. The van der Waals surface area contributed by atoms with Gasteiger partial charge in [0.15, 0.2) is 0 Å². The lowest BCUT2D eigenvalue weighted by molar-refractivity contribution is 0.0781. The molecule has 22 heavy (non-hydrogen) atoms. The molecule has 2 aliphatic heterocycles. The quantitative estimate of drug-likeness (QED) is 0.927. The van der Waals surface area contributed by atoms with Crippen molar-refractivity contribution in [1.82, 2.24) is 15.1 Å². The van der Waals surface area contributed by atoms with Crippen LogP contribution in [0, 0.1) is 0 Å². The number of urea groups is 1. The summed E-state index contributed by atoms with van der Waals surface area (Å²) < 4.78 is 5.34. The molecule has 1 aromatic rings. The molecule has 0 aliphatic carbocycles. The van der Waals surface area contributed by atoms with Gasteiger partial charge >= 0.3 is 6.03 Å². The highest BCUT2D eigenvalue weighted by Gasteiger charge is 2.22. The normalized spacial score (nSPS) is 21.5. The van der Waals surface area contributed by atoms with Crippen LogP contribution in [0.2, 0.25) is 0 Å².